The Morgan fingerprint density at radius 1 is 0.725 bits per heavy atom. The number of carbonyl (C=O) groups is 2. The number of thiazole rings is 2. The van der Waals surface area contributed by atoms with Crippen molar-refractivity contribution in [3.63, 3.8) is 0 Å². The van der Waals surface area contributed by atoms with Gasteiger partial charge in [0.05, 0.1) is 53.0 Å². The number of rotatable bonds is 8. The highest BCUT2D eigenvalue weighted by Crippen LogP contribution is 2.36. The van der Waals surface area contributed by atoms with Crippen LogP contribution in [-0.2, 0) is 34.8 Å². The lowest BCUT2D eigenvalue weighted by Crippen LogP contribution is -2.14. The maximum atomic E-state index is 13.2. The molecule has 51 heavy (non-hydrogen) atoms. The van der Waals surface area contributed by atoms with Crippen molar-refractivity contribution in [3.05, 3.63) is 117 Å². The molecule has 0 aliphatic carbocycles. The first-order chi connectivity index (χ1) is 24.0. The van der Waals surface area contributed by atoms with Crippen molar-refractivity contribution in [2.45, 2.75) is 32.1 Å². The topological polar surface area (TPSA) is 120 Å². The van der Waals surface area contributed by atoms with Crippen LogP contribution in [0.15, 0.2) is 79.4 Å². The Morgan fingerprint density at radius 2 is 1.18 bits per heavy atom. The van der Waals surface area contributed by atoms with Crippen LogP contribution in [0.25, 0.3) is 11.4 Å². The predicted molar refractivity (Wildman–Crippen MR) is 176 cm³/mol. The van der Waals surface area contributed by atoms with Crippen LogP contribution in [0.2, 0.25) is 5.02 Å². The van der Waals surface area contributed by atoms with Gasteiger partial charge in [0.1, 0.15) is 15.6 Å². The fourth-order valence-corrected chi connectivity index (χ4v) is 5.68. The first-order valence-electron chi connectivity index (χ1n) is 14.3. The normalized spacial score (nSPS) is 11.5. The standard InChI is InChI=1S/C16H13F3N4OS.C15H9ClF4N4OS/c1-10-2-4-12(5-3-10)23-7-6-11(22-23)8-14(24)21-15-20-9-13(25-15)16(17,18)19;16-10-6-9(1-2-11(10)17)24-4-3-8(23-24)5-13(25)22-14-21-7-12(26-14)15(18,19)20/h2-7,9H,8H2,1H3,(H,20,21,24);1-4,6-7H,5H2,(H,21,22,25). The summed E-state index contributed by atoms with van der Waals surface area (Å²) in [6.45, 7) is 1.98. The van der Waals surface area contributed by atoms with Gasteiger partial charge < -0.3 is 10.6 Å². The maximum Gasteiger partial charge on any atom is 0.427 e. The van der Waals surface area contributed by atoms with E-state index < -0.39 is 39.7 Å². The molecule has 0 saturated heterocycles. The van der Waals surface area contributed by atoms with Crippen LogP contribution in [0.4, 0.5) is 41.0 Å². The first-order valence-corrected chi connectivity index (χ1v) is 16.3. The second-order valence-electron chi connectivity index (χ2n) is 10.4. The van der Waals surface area contributed by atoms with Crippen LogP contribution in [-0.4, -0.2) is 41.3 Å². The van der Waals surface area contributed by atoms with Gasteiger partial charge in [-0.3, -0.25) is 9.59 Å². The molecule has 6 aromatic rings. The predicted octanol–water partition coefficient (Wildman–Crippen LogP) is 8.16. The van der Waals surface area contributed by atoms with Crippen LogP contribution in [0.3, 0.4) is 0 Å². The van der Waals surface area contributed by atoms with Gasteiger partial charge in [-0.05, 0) is 49.4 Å². The summed E-state index contributed by atoms with van der Waals surface area (Å²) in [7, 11) is 0. The monoisotopic (exact) mass is 770 g/mol. The molecule has 6 rings (SSSR count). The van der Waals surface area contributed by atoms with Crippen molar-refractivity contribution in [1.29, 1.82) is 0 Å². The number of aromatic nitrogens is 6. The van der Waals surface area contributed by atoms with Crippen molar-refractivity contribution < 1.29 is 40.3 Å². The smallest absolute Gasteiger partial charge is 0.302 e. The molecule has 4 heterocycles. The molecule has 4 aromatic heterocycles. The van der Waals surface area contributed by atoms with Gasteiger partial charge in [-0.2, -0.15) is 36.5 Å². The quantitative estimate of drug-likeness (QED) is 0.151. The first kappa shape index (κ1) is 37.1. The van der Waals surface area contributed by atoms with Gasteiger partial charge in [-0.1, -0.05) is 52.0 Å². The molecule has 266 valence electrons. The second kappa shape index (κ2) is 15.4. The van der Waals surface area contributed by atoms with Crippen LogP contribution in [0.5, 0.6) is 0 Å². The number of carbonyl (C=O) groups excluding carboxylic acids is 2. The van der Waals surface area contributed by atoms with E-state index in [1.165, 1.54) is 22.9 Å². The lowest BCUT2D eigenvalue weighted by Gasteiger charge is -2.03. The van der Waals surface area contributed by atoms with E-state index in [1.54, 1.807) is 29.2 Å². The number of halogens is 8. The van der Waals surface area contributed by atoms with Crippen LogP contribution in [0.1, 0.15) is 26.7 Å². The number of nitrogens with zero attached hydrogens (tertiary/aromatic N) is 6. The molecule has 10 nitrogen and oxygen atoms in total. The minimum absolute atomic E-state index is 0.0558. The fraction of sp³-hybridized carbons (Fsp3) is 0.161. The van der Waals surface area contributed by atoms with Crippen molar-refractivity contribution in [2.75, 3.05) is 10.6 Å². The molecule has 0 bridgehead atoms. The van der Waals surface area contributed by atoms with Gasteiger partial charge in [0.15, 0.2) is 10.3 Å². The minimum atomic E-state index is -4.50. The number of nitrogens with one attached hydrogen (secondary N) is 2. The number of benzene rings is 2. The third kappa shape index (κ3) is 10.2. The fourth-order valence-electron chi connectivity index (χ4n) is 4.11. The van der Waals surface area contributed by atoms with Crippen LogP contribution < -0.4 is 10.6 Å². The van der Waals surface area contributed by atoms with Crippen molar-refractivity contribution >= 4 is 56.4 Å². The van der Waals surface area contributed by atoms with E-state index in [9.17, 15) is 40.3 Å². The molecular formula is C31H22ClF7N8O2S2. The van der Waals surface area contributed by atoms with Gasteiger partial charge in [0, 0.05) is 12.4 Å². The van der Waals surface area contributed by atoms with E-state index >= 15 is 0 Å². The van der Waals surface area contributed by atoms with Gasteiger partial charge >= 0.3 is 12.4 Å². The Hall–Kier alpha value is -5.14. The maximum absolute atomic E-state index is 13.2. The highest BCUT2D eigenvalue weighted by molar-refractivity contribution is 7.16. The van der Waals surface area contributed by atoms with E-state index in [0.29, 0.717) is 52.1 Å². The Labute approximate surface area is 296 Å². The summed E-state index contributed by atoms with van der Waals surface area (Å²) in [5.41, 5.74) is 3.35. The summed E-state index contributed by atoms with van der Waals surface area (Å²) in [6.07, 6.45) is -4.55. The molecule has 2 amide bonds. The summed E-state index contributed by atoms with van der Waals surface area (Å²) in [5.74, 6) is -1.60. The second-order valence-corrected chi connectivity index (χ2v) is 12.9. The van der Waals surface area contributed by atoms with Crippen molar-refractivity contribution in [2.24, 2.45) is 0 Å². The Balaban J connectivity index is 0.000000198. The zero-order chi connectivity index (χ0) is 36.9. The van der Waals surface area contributed by atoms with E-state index in [2.05, 4.69) is 30.8 Å². The third-order valence-electron chi connectivity index (χ3n) is 6.50. The van der Waals surface area contributed by atoms with E-state index in [-0.39, 0.29) is 28.1 Å². The van der Waals surface area contributed by atoms with E-state index in [4.69, 9.17) is 11.6 Å². The number of hydrogen-bond donors (Lipinski definition) is 2. The lowest BCUT2D eigenvalue weighted by atomic mass is 10.2. The molecule has 0 fully saturated rings. The minimum Gasteiger partial charge on any atom is -0.302 e. The van der Waals surface area contributed by atoms with Gasteiger partial charge in [-0.15, -0.1) is 0 Å². The number of alkyl halides is 6. The average Bonchev–Trinajstić information content (AvgIpc) is 3.87. The molecule has 0 radical (unpaired) electrons. The van der Waals surface area contributed by atoms with Gasteiger partial charge in [-0.25, -0.2) is 23.7 Å². The molecule has 0 spiro atoms. The average molecular weight is 771 g/mol. The molecule has 0 atom stereocenters. The van der Waals surface area contributed by atoms with Crippen LogP contribution in [0, 0.1) is 12.7 Å². The summed E-state index contributed by atoms with van der Waals surface area (Å²) in [5, 5.41) is 12.8. The number of amides is 2. The summed E-state index contributed by atoms with van der Waals surface area (Å²) < 4.78 is 91.3. The Morgan fingerprint density at radius 3 is 1.61 bits per heavy atom. The highest BCUT2D eigenvalue weighted by atomic mass is 35.5. The van der Waals surface area contributed by atoms with Crippen molar-refractivity contribution in [1.82, 2.24) is 29.5 Å². The van der Waals surface area contributed by atoms with E-state index in [0.717, 1.165) is 11.3 Å². The van der Waals surface area contributed by atoms with E-state index in [1.807, 2.05) is 31.2 Å². The number of hydrogen-bond acceptors (Lipinski definition) is 8. The Bertz CT molecular complexity index is 2140. The summed E-state index contributed by atoms with van der Waals surface area (Å²) in [6, 6.07) is 15.0. The molecule has 0 aliphatic heterocycles. The molecule has 0 aliphatic rings. The molecule has 2 N–H and O–H groups in total. The number of aryl methyl sites for hydroxylation is 1. The molecule has 2 aromatic carbocycles. The number of anilines is 2. The van der Waals surface area contributed by atoms with Crippen molar-refractivity contribution in [3.8, 4) is 11.4 Å². The molecular weight excluding hydrogens is 749 g/mol. The highest BCUT2D eigenvalue weighted by Gasteiger charge is 2.34. The van der Waals surface area contributed by atoms with Crippen LogP contribution >= 0.6 is 34.3 Å². The zero-order valence-electron chi connectivity index (χ0n) is 25.8. The van der Waals surface area contributed by atoms with Gasteiger partial charge in [0.2, 0.25) is 11.8 Å². The Kier molecular flexibility index (Phi) is 11.2. The molecule has 0 unspecified atom stereocenters. The van der Waals surface area contributed by atoms with Gasteiger partial charge in [0.25, 0.3) is 0 Å². The SMILES string of the molecule is Cc1ccc(-n2ccc(CC(=O)Nc3ncc(C(F)(F)F)s3)n2)cc1.O=C(Cc1ccn(-c2ccc(F)c(Cl)c2)n1)Nc1ncc(C(F)(F)F)s1. The zero-order valence-corrected chi connectivity index (χ0v) is 28.1. The summed E-state index contributed by atoms with van der Waals surface area (Å²) in [4.78, 5) is 29.2. The third-order valence-corrected chi connectivity index (χ3v) is 8.71. The molecule has 20 heteroatoms. The lowest BCUT2D eigenvalue weighted by molar-refractivity contribution is -0.135. The largest absolute Gasteiger partial charge is 0.427 e. The molecule has 0 saturated carbocycles. The summed E-state index contributed by atoms with van der Waals surface area (Å²) >= 11 is 6.44.